The molecule has 4 unspecified atom stereocenters. The summed E-state index contributed by atoms with van der Waals surface area (Å²) in [5.41, 5.74) is 4.20. The number of aromatic amines is 1. The fraction of sp³-hybridized carbons (Fsp3) is 0.233. The predicted molar refractivity (Wildman–Crippen MR) is 154 cm³/mol. The van der Waals surface area contributed by atoms with Crippen LogP contribution in [0.25, 0.3) is 10.9 Å². The highest BCUT2D eigenvalue weighted by molar-refractivity contribution is 8.40. The van der Waals surface area contributed by atoms with Gasteiger partial charge < -0.3 is 14.8 Å². The van der Waals surface area contributed by atoms with Crippen LogP contribution in [0.15, 0.2) is 85.1 Å². The number of hydrogen-bond acceptors (Lipinski definition) is 6. The molecule has 39 heavy (non-hydrogen) atoms. The fourth-order valence-electron chi connectivity index (χ4n) is 7.26. The summed E-state index contributed by atoms with van der Waals surface area (Å²) in [7, 11) is 1.65. The third-order valence-electron chi connectivity index (χ3n) is 9.01. The van der Waals surface area contributed by atoms with Crippen molar-refractivity contribution in [1.82, 2.24) is 14.8 Å². The van der Waals surface area contributed by atoms with Gasteiger partial charge in [-0.25, -0.2) is 0 Å². The van der Waals surface area contributed by atoms with Gasteiger partial charge in [0.2, 0.25) is 0 Å². The van der Waals surface area contributed by atoms with Crippen molar-refractivity contribution in [3.05, 3.63) is 96.2 Å². The van der Waals surface area contributed by atoms with Crippen LogP contribution < -0.4 is 4.90 Å². The van der Waals surface area contributed by atoms with E-state index >= 15 is 0 Å². The van der Waals surface area contributed by atoms with Crippen molar-refractivity contribution in [2.45, 2.75) is 34.7 Å². The highest BCUT2D eigenvalue weighted by atomic mass is 32.2. The van der Waals surface area contributed by atoms with Crippen molar-refractivity contribution >= 4 is 62.1 Å². The second-order valence-corrected chi connectivity index (χ2v) is 13.6. The Hall–Kier alpha value is -3.69. The summed E-state index contributed by atoms with van der Waals surface area (Å²) in [6, 6.07) is 26.4. The van der Waals surface area contributed by atoms with Crippen LogP contribution in [0.3, 0.4) is 0 Å². The van der Waals surface area contributed by atoms with Gasteiger partial charge >= 0.3 is 0 Å². The summed E-state index contributed by atoms with van der Waals surface area (Å²) in [5.74, 6) is -0.416. The predicted octanol–water partition coefficient (Wildman–Crippen LogP) is 5.65. The maximum absolute atomic E-state index is 14.7. The number of thioether (sulfide) groups is 2. The largest absolute Gasteiger partial charge is 0.361 e. The van der Waals surface area contributed by atoms with Gasteiger partial charge in [-0.05, 0) is 65.8 Å². The van der Waals surface area contributed by atoms with E-state index in [-0.39, 0.29) is 22.7 Å². The van der Waals surface area contributed by atoms with Gasteiger partial charge in [0.1, 0.15) is 6.17 Å². The van der Waals surface area contributed by atoms with Gasteiger partial charge in [0, 0.05) is 41.9 Å². The molecule has 9 heteroatoms. The van der Waals surface area contributed by atoms with Crippen molar-refractivity contribution in [2.75, 3.05) is 11.9 Å². The Labute approximate surface area is 233 Å². The van der Waals surface area contributed by atoms with Gasteiger partial charge in [-0.15, -0.1) is 0 Å². The number of hydrogen-bond donors (Lipinski definition) is 1. The number of rotatable bonds is 2. The highest BCUT2D eigenvalue weighted by Gasteiger charge is 2.78. The minimum atomic E-state index is -1.37. The molecule has 5 aliphatic heterocycles. The topological polar surface area (TPSA) is 76.7 Å². The van der Waals surface area contributed by atoms with Crippen molar-refractivity contribution in [1.29, 1.82) is 0 Å². The van der Waals surface area contributed by atoms with E-state index in [1.54, 1.807) is 18.9 Å². The van der Waals surface area contributed by atoms with E-state index < -0.39 is 21.3 Å². The summed E-state index contributed by atoms with van der Waals surface area (Å²) < 4.78 is -0.209. The van der Waals surface area contributed by atoms with E-state index in [1.165, 1.54) is 4.90 Å². The Morgan fingerprint density at radius 3 is 2.38 bits per heavy atom. The van der Waals surface area contributed by atoms with Gasteiger partial charge in [0.15, 0.2) is 9.74 Å². The van der Waals surface area contributed by atoms with Crippen LogP contribution in [-0.2, 0) is 15.0 Å². The number of fused-ring (bicyclic) bond motifs is 7. The number of para-hydroxylation sites is 3. The van der Waals surface area contributed by atoms with E-state index in [2.05, 4.69) is 28.1 Å². The number of anilines is 2. The number of H-pyrrole nitrogens is 1. The molecule has 4 aromatic rings. The zero-order chi connectivity index (χ0) is 26.7. The number of likely N-dealkylation sites (N-methyl/N-ethyl adjacent to an activating group) is 1. The van der Waals surface area contributed by atoms with Gasteiger partial charge in [-0.3, -0.25) is 19.3 Å². The molecule has 4 fully saturated rings. The zero-order valence-corrected chi connectivity index (χ0v) is 22.9. The second kappa shape index (κ2) is 7.49. The molecule has 3 aromatic carbocycles. The maximum atomic E-state index is 14.7. The molecule has 2 bridgehead atoms. The molecular formula is C30H24N4O3S2. The first-order valence-electron chi connectivity index (χ1n) is 12.9. The average molecular weight is 553 g/mol. The molecule has 0 aliphatic carbocycles. The van der Waals surface area contributed by atoms with E-state index in [0.717, 1.165) is 56.9 Å². The first-order chi connectivity index (χ1) is 18.8. The van der Waals surface area contributed by atoms with Gasteiger partial charge in [-0.1, -0.05) is 54.6 Å². The van der Waals surface area contributed by atoms with Crippen LogP contribution in [0.1, 0.15) is 24.5 Å². The number of carbonyl (C=O) groups excluding carboxylic acids is 3. The summed E-state index contributed by atoms with van der Waals surface area (Å²) in [6.45, 7) is 1.70. The van der Waals surface area contributed by atoms with Crippen LogP contribution >= 0.6 is 23.5 Å². The lowest BCUT2D eigenvalue weighted by atomic mass is 9.72. The number of amides is 2. The Morgan fingerprint density at radius 1 is 0.846 bits per heavy atom. The lowest BCUT2D eigenvalue weighted by Gasteiger charge is -2.51. The number of benzene rings is 3. The van der Waals surface area contributed by atoms with E-state index in [9.17, 15) is 14.4 Å². The Bertz CT molecular complexity index is 1740. The molecule has 0 radical (unpaired) electrons. The van der Waals surface area contributed by atoms with E-state index in [1.807, 2.05) is 66.9 Å². The Morgan fingerprint density at radius 2 is 1.56 bits per heavy atom. The summed E-state index contributed by atoms with van der Waals surface area (Å²) in [5, 5.41) is 1.04. The average Bonchev–Trinajstić information content (AvgIpc) is 3.55. The van der Waals surface area contributed by atoms with Gasteiger partial charge in [0.25, 0.3) is 16.3 Å². The molecule has 0 saturated carbocycles. The van der Waals surface area contributed by atoms with Crippen LogP contribution in [-0.4, -0.2) is 54.0 Å². The summed E-state index contributed by atoms with van der Waals surface area (Å²) in [6.07, 6.45) is 1.76. The highest BCUT2D eigenvalue weighted by Crippen LogP contribution is 2.68. The lowest BCUT2D eigenvalue weighted by molar-refractivity contribution is -0.163. The smallest absolute Gasteiger partial charge is 0.262 e. The Balaban J connectivity index is 1.51. The SMILES string of the molecule is CN1C(=O)C23CC4(c5c[nH]c6ccccc56)c5ccccc5N(c5ccccc5)C4N2C(=O)C1(C)SC(=O)S3. The third-order valence-corrected chi connectivity index (χ3v) is 11.5. The van der Waals surface area contributed by atoms with Gasteiger partial charge in [0.05, 0.1) is 5.41 Å². The minimum absolute atomic E-state index is 0.202. The molecule has 9 rings (SSSR count). The molecule has 1 aromatic heterocycles. The summed E-state index contributed by atoms with van der Waals surface area (Å²) in [4.78, 5) is 48.7. The van der Waals surface area contributed by atoms with Crippen molar-refractivity contribution in [2.24, 2.45) is 0 Å². The number of piperazine rings is 1. The first kappa shape index (κ1) is 23.2. The molecule has 7 nitrogen and oxygen atoms in total. The van der Waals surface area contributed by atoms with Crippen molar-refractivity contribution in [3.8, 4) is 0 Å². The second-order valence-electron chi connectivity index (χ2n) is 10.8. The molecular weight excluding hydrogens is 528 g/mol. The molecule has 1 N–H and O–H groups in total. The van der Waals surface area contributed by atoms with Crippen molar-refractivity contribution < 1.29 is 14.4 Å². The summed E-state index contributed by atoms with van der Waals surface area (Å²) >= 11 is 1.96. The van der Waals surface area contributed by atoms with Crippen molar-refractivity contribution in [3.63, 3.8) is 0 Å². The lowest BCUT2D eigenvalue weighted by Crippen LogP contribution is -2.72. The van der Waals surface area contributed by atoms with Crippen LogP contribution in [0.4, 0.5) is 16.2 Å². The molecule has 2 amide bonds. The fourth-order valence-corrected chi connectivity index (χ4v) is 10.1. The van der Waals surface area contributed by atoms with E-state index in [4.69, 9.17) is 0 Å². The molecule has 6 heterocycles. The monoisotopic (exact) mass is 552 g/mol. The quantitative estimate of drug-likeness (QED) is 0.347. The normalized spacial score (nSPS) is 31.1. The number of nitrogens with one attached hydrogen (secondary N) is 1. The third kappa shape index (κ3) is 2.60. The number of carbonyl (C=O) groups is 3. The van der Waals surface area contributed by atoms with Crippen LogP contribution in [0, 0.1) is 0 Å². The standard InChI is InChI=1S/C30H24N4O3S2/c1-28-25(35)34-24-29(21-16-31-22-14-8-6-12-19(21)22,17-30(34,26(36)32(28)2)39-27(37)38-28)20-13-7-9-15-23(20)33(24)18-10-4-3-5-11-18/h3-16,24,31H,17H2,1-2H3. The number of aromatic nitrogens is 1. The molecule has 5 aliphatic rings. The molecule has 4 saturated heterocycles. The zero-order valence-electron chi connectivity index (χ0n) is 21.3. The molecule has 1 spiro atoms. The molecule has 194 valence electrons. The Kier molecular flexibility index (Phi) is 4.46. The van der Waals surface area contributed by atoms with Crippen LogP contribution in [0.2, 0.25) is 0 Å². The number of nitrogens with zero attached hydrogens (tertiary/aromatic N) is 3. The van der Waals surface area contributed by atoms with E-state index in [0.29, 0.717) is 0 Å². The minimum Gasteiger partial charge on any atom is -0.361 e. The maximum Gasteiger partial charge on any atom is 0.262 e. The van der Waals surface area contributed by atoms with Gasteiger partial charge in [-0.2, -0.15) is 0 Å². The molecule has 4 atom stereocenters. The van der Waals surface area contributed by atoms with Crippen LogP contribution in [0.5, 0.6) is 0 Å². The first-order valence-corrected chi connectivity index (χ1v) is 14.5.